The zero-order valence-electron chi connectivity index (χ0n) is 7.48. The number of rotatable bonds is 2. The van der Waals surface area contributed by atoms with Crippen LogP contribution in [0.2, 0.25) is 5.02 Å². The molecule has 0 saturated heterocycles. The largest absolute Gasteiger partial charge is 0.341 e. The van der Waals surface area contributed by atoms with Crippen LogP contribution in [-0.2, 0) is 0 Å². The van der Waals surface area contributed by atoms with Crippen LogP contribution in [-0.4, -0.2) is 12.5 Å². The second kappa shape index (κ2) is 4.76. The fourth-order valence-corrected chi connectivity index (χ4v) is 1.07. The maximum Gasteiger partial charge on any atom is 0.255 e. The van der Waals surface area contributed by atoms with Gasteiger partial charge < -0.3 is 5.32 Å². The lowest BCUT2D eigenvalue weighted by molar-refractivity contribution is 0.0954. The van der Waals surface area contributed by atoms with E-state index in [2.05, 4.69) is 11.2 Å². The van der Waals surface area contributed by atoms with E-state index in [1.165, 1.54) is 0 Å². The number of hydrogen-bond acceptors (Lipinski definition) is 1. The van der Waals surface area contributed by atoms with E-state index in [9.17, 15) is 13.6 Å². The molecule has 0 radical (unpaired) electrons. The molecule has 0 aliphatic carbocycles. The van der Waals surface area contributed by atoms with Gasteiger partial charge in [-0.3, -0.25) is 4.79 Å². The molecule has 0 fully saturated rings. The van der Waals surface area contributed by atoms with Crippen LogP contribution in [0.15, 0.2) is 12.1 Å². The number of nitrogens with one attached hydrogen (secondary N) is 1. The van der Waals surface area contributed by atoms with Gasteiger partial charge in [0.15, 0.2) is 0 Å². The summed E-state index contributed by atoms with van der Waals surface area (Å²) in [6.07, 6.45) is 4.89. The maximum absolute atomic E-state index is 13.1. The van der Waals surface area contributed by atoms with Crippen LogP contribution in [0.4, 0.5) is 8.78 Å². The number of halogens is 3. The Morgan fingerprint density at radius 3 is 2.73 bits per heavy atom. The summed E-state index contributed by atoms with van der Waals surface area (Å²) in [6, 6.07) is 1.46. The smallest absolute Gasteiger partial charge is 0.255 e. The Morgan fingerprint density at radius 2 is 2.13 bits per heavy atom. The highest BCUT2D eigenvalue weighted by atomic mass is 35.5. The van der Waals surface area contributed by atoms with Crippen LogP contribution >= 0.6 is 11.6 Å². The van der Waals surface area contributed by atoms with Crippen molar-refractivity contribution in [3.05, 3.63) is 34.4 Å². The standard InChI is InChI=1S/C10H6ClF2NO/c1-2-3-14-10(15)6-4-9(13)7(11)5-8(6)12/h1,4-5H,3H2,(H,14,15). The van der Waals surface area contributed by atoms with Gasteiger partial charge in [0.1, 0.15) is 11.6 Å². The molecule has 1 rings (SSSR count). The topological polar surface area (TPSA) is 29.1 Å². The number of hydrogen-bond donors (Lipinski definition) is 1. The summed E-state index contributed by atoms with van der Waals surface area (Å²) in [5.74, 6) is -0.387. The van der Waals surface area contributed by atoms with E-state index in [1.807, 2.05) is 0 Å². The fourth-order valence-electron chi connectivity index (χ4n) is 0.923. The molecule has 5 heteroatoms. The minimum atomic E-state index is -0.893. The molecule has 0 saturated carbocycles. The maximum atomic E-state index is 13.1. The lowest BCUT2D eigenvalue weighted by Gasteiger charge is -2.04. The van der Waals surface area contributed by atoms with Crippen molar-refractivity contribution in [3.8, 4) is 12.3 Å². The monoisotopic (exact) mass is 229 g/mol. The van der Waals surface area contributed by atoms with Crippen LogP contribution in [0.5, 0.6) is 0 Å². The first-order valence-electron chi connectivity index (χ1n) is 3.92. The van der Waals surface area contributed by atoms with E-state index in [-0.39, 0.29) is 11.6 Å². The third-order valence-corrected chi connectivity index (χ3v) is 1.90. The number of amides is 1. The highest BCUT2D eigenvalue weighted by Crippen LogP contribution is 2.19. The van der Waals surface area contributed by atoms with Crippen LogP contribution < -0.4 is 5.32 Å². The first-order valence-corrected chi connectivity index (χ1v) is 4.30. The first-order chi connectivity index (χ1) is 7.06. The van der Waals surface area contributed by atoms with Crippen molar-refractivity contribution < 1.29 is 13.6 Å². The average molecular weight is 230 g/mol. The third-order valence-electron chi connectivity index (χ3n) is 1.61. The molecule has 0 spiro atoms. The van der Waals surface area contributed by atoms with Crippen molar-refractivity contribution in [1.82, 2.24) is 5.32 Å². The van der Waals surface area contributed by atoms with E-state index in [0.29, 0.717) is 0 Å². The normalized spacial score (nSPS) is 9.47. The molecule has 1 N–H and O–H groups in total. The number of carbonyl (C=O) groups is 1. The summed E-state index contributed by atoms with van der Waals surface area (Å²) in [4.78, 5) is 11.2. The second-order valence-electron chi connectivity index (χ2n) is 2.63. The van der Waals surface area contributed by atoms with Gasteiger partial charge in [0.2, 0.25) is 0 Å². The van der Waals surface area contributed by atoms with Gasteiger partial charge in [0, 0.05) is 0 Å². The number of carbonyl (C=O) groups excluding carboxylic acids is 1. The Hall–Kier alpha value is -1.60. The predicted molar refractivity (Wildman–Crippen MR) is 52.5 cm³/mol. The van der Waals surface area contributed by atoms with Crippen molar-refractivity contribution >= 4 is 17.5 Å². The van der Waals surface area contributed by atoms with E-state index in [1.54, 1.807) is 0 Å². The van der Waals surface area contributed by atoms with Crippen LogP contribution in [0, 0.1) is 24.0 Å². The van der Waals surface area contributed by atoms with Gasteiger partial charge in [-0.05, 0) is 12.1 Å². The van der Waals surface area contributed by atoms with Gasteiger partial charge in [0.25, 0.3) is 5.91 Å². The molecule has 0 atom stereocenters. The van der Waals surface area contributed by atoms with Crippen LogP contribution in [0.3, 0.4) is 0 Å². The average Bonchev–Trinajstić information content (AvgIpc) is 2.20. The molecule has 78 valence electrons. The Kier molecular flexibility index (Phi) is 3.64. The molecular weight excluding hydrogens is 224 g/mol. The highest BCUT2D eigenvalue weighted by Gasteiger charge is 2.14. The molecule has 1 aromatic carbocycles. The summed E-state index contributed by atoms with van der Waals surface area (Å²) in [6.45, 7) is -0.0531. The van der Waals surface area contributed by atoms with Crippen molar-refractivity contribution in [3.63, 3.8) is 0 Å². The van der Waals surface area contributed by atoms with Gasteiger partial charge in [0.05, 0.1) is 17.1 Å². The quantitative estimate of drug-likeness (QED) is 0.610. The van der Waals surface area contributed by atoms with E-state index >= 15 is 0 Å². The highest BCUT2D eigenvalue weighted by molar-refractivity contribution is 6.30. The van der Waals surface area contributed by atoms with Gasteiger partial charge >= 0.3 is 0 Å². The Balaban J connectivity index is 3.00. The second-order valence-corrected chi connectivity index (χ2v) is 3.04. The van der Waals surface area contributed by atoms with E-state index < -0.39 is 23.1 Å². The first kappa shape index (κ1) is 11.5. The lowest BCUT2D eigenvalue weighted by Crippen LogP contribution is -2.24. The molecule has 0 unspecified atom stereocenters. The summed E-state index contributed by atoms with van der Waals surface area (Å²) < 4.78 is 26.1. The van der Waals surface area contributed by atoms with Crippen LogP contribution in [0.1, 0.15) is 10.4 Å². The summed E-state index contributed by atoms with van der Waals surface area (Å²) >= 11 is 5.32. The van der Waals surface area contributed by atoms with E-state index in [0.717, 1.165) is 12.1 Å². The zero-order valence-corrected chi connectivity index (χ0v) is 8.24. The van der Waals surface area contributed by atoms with Gasteiger partial charge in [-0.1, -0.05) is 17.5 Å². The van der Waals surface area contributed by atoms with Crippen molar-refractivity contribution in [2.24, 2.45) is 0 Å². The molecule has 15 heavy (non-hydrogen) atoms. The number of terminal acetylenes is 1. The third kappa shape index (κ3) is 2.67. The lowest BCUT2D eigenvalue weighted by atomic mass is 10.2. The molecule has 0 aliphatic rings. The molecule has 1 amide bonds. The van der Waals surface area contributed by atoms with Crippen molar-refractivity contribution in [2.45, 2.75) is 0 Å². The molecule has 1 aromatic rings. The molecule has 0 aromatic heterocycles. The van der Waals surface area contributed by atoms with E-state index in [4.69, 9.17) is 18.0 Å². The Bertz CT molecular complexity index is 440. The minimum absolute atomic E-state index is 0.0531. The zero-order chi connectivity index (χ0) is 11.4. The van der Waals surface area contributed by atoms with Gasteiger partial charge in [-0.2, -0.15) is 0 Å². The number of benzene rings is 1. The van der Waals surface area contributed by atoms with Crippen molar-refractivity contribution in [2.75, 3.05) is 6.54 Å². The fraction of sp³-hybridized carbons (Fsp3) is 0.100. The summed E-state index contributed by atoms with van der Waals surface area (Å²) in [5.41, 5.74) is -0.424. The SMILES string of the molecule is C#CCNC(=O)c1cc(F)c(Cl)cc1F. The molecular formula is C10H6ClF2NO. The Labute approximate surface area is 90.2 Å². The van der Waals surface area contributed by atoms with Crippen LogP contribution in [0.25, 0.3) is 0 Å². The molecule has 0 bridgehead atoms. The molecule has 0 aliphatic heterocycles. The minimum Gasteiger partial charge on any atom is -0.341 e. The van der Waals surface area contributed by atoms with Crippen molar-refractivity contribution in [1.29, 1.82) is 0 Å². The summed E-state index contributed by atoms with van der Waals surface area (Å²) in [5, 5.41) is 1.84. The van der Waals surface area contributed by atoms with Gasteiger partial charge in [-0.25, -0.2) is 8.78 Å². The van der Waals surface area contributed by atoms with Gasteiger partial charge in [-0.15, -0.1) is 6.42 Å². The summed E-state index contributed by atoms with van der Waals surface area (Å²) in [7, 11) is 0. The Morgan fingerprint density at radius 1 is 1.47 bits per heavy atom. The molecule has 2 nitrogen and oxygen atoms in total. The predicted octanol–water partition coefficient (Wildman–Crippen LogP) is 1.98. The molecule has 0 heterocycles.